The van der Waals surface area contributed by atoms with Gasteiger partial charge < -0.3 is 9.80 Å². The van der Waals surface area contributed by atoms with Crippen molar-refractivity contribution in [2.45, 2.75) is 30.2 Å². The fourth-order valence-electron chi connectivity index (χ4n) is 5.12. The lowest BCUT2D eigenvalue weighted by molar-refractivity contribution is -0.915. The van der Waals surface area contributed by atoms with Crippen molar-refractivity contribution < 1.29 is 27.3 Å². The van der Waals surface area contributed by atoms with Crippen molar-refractivity contribution in [2.24, 2.45) is 0 Å². The zero-order valence-electron chi connectivity index (χ0n) is 18.8. The monoisotopic (exact) mass is 487 g/mol. The molecule has 2 aromatic carbocycles. The van der Waals surface area contributed by atoms with Gasteiger partial charge in [-0.2, -0.15) is 4.31 Å². The first-order valence-electron chi connectivity index (χ1n) is 11.7. The van der Waals surface area contributed by atoms with Crippen LogP contribution >= 0.6 is 0 Å². The van der Waals surface area contributed by atoms with E-state index in [1.807, 2.05) is 12.1 Å². The zero-order valence-corrected chi connectivity index (χ0v) is 19.6. The lowest BCUT2D eigenvalue weighted by Gasteiger charge is -2.35. The lowest BCUT2D eigenvalue weighted by atomic mass is 10.1. The third-order valence-corrected chi connectivity index (χ3v) is 8.95. The van der Waals surface area contributed by atoms with Gasteiger partial charge in [-0.3, -0.25) is 9.59 Å². The SMILES string of the molecule is O=C1C[C@@H]([NH+]2CCN(c3ccc(S(=O)(=O)N4CCCC4)cc3)CC2)C(=O)N1c1ccc(F)cc1. The Labute approximate surface area is 198 Å². The minimum atomic E-state index is -3.43. The Morgan fingerprint density at radius 1 is 0.824 bits per heavy atom. The predicted octanol–water partition coefficient (Wildman–Crippen LogP) is 0.647. The molecule has 2 amide bonds. The highest BCUT2D eigenvalue weighted by Gasteiger charge is 2.46. The molecular weight excluding hydrogens is 459 g/mol. The number of carbonyl (C=O) groups excluding carboxylic acids is 2. The first kappa shape index (κ1) is 22.9. The summed E-state index contributed by atoms with van der Waals surface area (Å²) in [5, 5.41) is 0. The number of imide groups is 1. The van der Waals surface area contributed by atoms with Crippen LogP contribution in [0, 0.1) is 5.82 Å². The number of quaternary nitrogens is 1. The summed E-state index contributed by atoms with van der Waals surface area (Å²) in [6, 6.07) is 12.0. The third-order valence-electron chi connectivity index (χ3n) is 7.03. The van der Waals surface area contributed by atoms with E-state index in [1.165, 1.54) is 29.2 Å². The average molecular weight is 488 g/mol. The van der Waals surface area contributed by atoms with E-state index in [-0.39, 0.29) is 18.2 Å². The summed E-state index contributed by atoms with van der Waals surface area (Å²) in [7, 11) is -3.43. The van der Waals surface area contributed by atoms with Crippen molar-refractivity contribution in [1.82, 2.24) is 4.31 Å². The zero-order chi connectivity index (χ0) is 23.9. The van der Waals surface area contributed by atoms with Crippen LogP contribution in [0.25, 0.3) is 0 Å². The Bertz CT molecular complexity index is 1170. The third kappa shape index (κ3) is 4.21. The molecule has 0 radical (unpaired) electrons. The molecule has 1 atom stereocenters. The fourth-order valence-corrected chi connectivity index (χ4v) is 6.64. The van der Waals surface area contributed by atoms with Gasteiger partial charge >= 0.3 is 0 Å². The van der Waals surface area contributed by atoms with Crippen molar-refractivity contribution in [3.05, 3.63) is 54.3 Å². The second-order valence-corrected chi connectivity index (χ2v) is 11.0. The van der Waals surface area contributed by atoms with Gasteiger partial charge in [0.15, 0.2) is 6.04 Å². The van der Waals surface area contributed by atoms with E-state index in [0.29, 0.717) is 49.9 Å². The molecule has 0 aliphatic carbocycles. The number of hydrogen-bond acceptors (Lipinski definition) is 5. The van der Waals surface area contributed by atoms with E-state index < -0.39 is 21.9 Å². The van der Waals surface area contributed by atoms with Gasteiger partial charge in [0.25, 0.3) is 5.91 Å². The van der Waals surface area contributed by atoms with E-state index in [0.717, 1.165) is 23.4 Å². The van der Waals surface area contributed by atoms with Crippen molar-refractivity contribution in [1.29, 1.82) is 0 Å². The van der Waals surface area contributed by atoms with Crippen LogP contribution in [-0.4, -0.2) is 69.8 Å². The molecule has 3 heterocycles. The second kappa shape index (κ2) is 9.09. The largest absolute Gasteiger partial charge is 0.360 e. The maximum absolute atomic E-state index is 13.2. The lowest BCUT2D eigenvalue weighted by Crippen LogP contribution is -3.19. The maximum atomic E-state index is 13.2. The quantitative estimate of drug-likeness (QED) is 0.627. The molecule has 3 aliphatic heterocycles. The Kier molecular flexibility index (Phi) is 6.13. The highest BCUT2D eigenvalue weighted by molar-refractivity contribution is 7.89. The van der Waals surface area contributed by atoms with E-state index in [4.69, 9.17) is 0 Å². The van der Waals surface area contributed by atoms with Crippen LogP contribution in [0.15, 0.2) is 53.4 Å². The molecule has 3 aliphatic rings. The molecule has 0 spiro atoms. The van der Waals surface area contributed by atoms with E-state index in [1.54, 1.807) is 16.4 Å². The summed E-state index contributed by atoms with van der Waals surface area (Å²) < 4.78 is 40.3. The minimum absolute atomic E-state index is 0.147. The van der Waals surface area contributed by atoms with Crippen LogP contribution < -0.4 is 14.7 Å². The number of halogens is 1. The minimum Gasteiger partial charge on any atom is -0.360 e. The number of nitrogens with zero attached hydrogens (tertiary/aromatic N) is 3. The fraction of sp³-hybridized carbons (Fsp3) is 0.417. The van der Waals surface area contributed by atoms with Gasteiger partial charge in [0.2, 0.25) is 15.9 Å². The summed E-state index contributed by atoms with van der Waals surface area (Å²) >= 11 is 0. The van der Waals surface area contributed by atoms with Crippen molar-refractivity contribution >= 4 is 33.2 Å². The van der Waals surface area contributed by atoms with Crippen LogP contribution in [0.2, 0.25) is 0 Å². The molecule has 1 N–H and O–H groups in total. The smallest absolute Gasteiger partial charge is 0.292 e. The van der Waals surface area contributed by atoms with Crippen LogP contribution in [0.5, 0.6) is 0 Å². The molecule has 0 unspecified atom stereocenters. The number of piperazine rings is 1. The topological polar surface area (TPSA) is 82.4 Å². The summed E-state index contributed by atoms with van der Waals surface area (Å²) in [6.45, 7) is 3.93. The summed E-state index contributed by atoms with van der Waals surface area (Å²) in [4.78, 5) is 30.3. The van der Waals surface area contributed by atoms with E-state index >= 15 is 0 Å². The summed E-state index contributed by atoms with van der Waals surface area (Å²) in [5.41, 5.74) is 1.35. The van der Waals surface area contributed by atoms with Gasteiger partial charge in [-0.1, -0.05) is 0 Å². The molecule has 180 valence electrons. The van der Waals surface area contributed by atoms with Gasteiger partial charge in [0.1, 0.15) is 5.82 Å². The van der Waals surface area contributed by atoms with Crippen molar-refractivity contribution in [3.8, 4) is 0 Å². The van der Waals surface area contributed by atoms with Gasteiger partial charge in [-0.15, -0.1) is 0 Å². The van der Waals surface area contributed by atoms with Crippen LogP contribution in [-0.2, 0) is 19.6 Å². The van der Waals surface area contributed by atoms with Crippen LogP contribution in [0.3, 0.4) is 0 Å². The van der Waals surface area contributed by atoms with Crippen molar-refractivity contribution in [3.63, 3.8) is 0 Å². The number of rotatable bonds is 5. The Morgan fingerprint density at radius 2 is 1.41 bits per heavy atom. The number of carbonyl (C=O) groups is 2. The molecule has 34 heavy (non-hydrogen) atoms. The molecular formula is C24H28FN4O4S+. The van der Waals surface area contributed by atoms with Crippen molar-refractivity contribution in [2.75, 3.05) is 49.1 Å². The number of benzene rings is 2. The summed E-state index contributed by atoms with van der Waals surface area (Å²) in [5.74, 6) is -0.911. The van der Waals surface area contributed by atoms with Crippen LogP contribution in [0.1, 0.15) is 19.3 Å². The first-order valence-corrected chi connectivity index (χ1v) is 13.1. The van der Waals surface area contributed by atoms with Gasteiger partial charge in [0.05, 0.1) is 43.2 Å². The van der Waals surface area contributed by atoms with Gasteiger partial charge in [-0.05, 0) is 61.4 Å². The number of sulfonamides is 1. The molecule has 10 heteroatoms. The number of anilines is 2. The number of amides is 2. The van der Waals surface area contributed by atoms with Gasteiger partial charge in [0, 0.05) is 18.8 Å². The standard InChI is InChI=1S/C24H27FN4O4S/c25-18-3-5-20(6-4-18)29-23(30)17-22(24(29)31)27-15-13-26(14-16-27)19-7-9-21(10-8-19)34(32,33)28-11-1-2-12-28/h3-10,22H,1-2,11-17H2/p+1/t22-/m1/s1. The molecule has 8 nitrogen and oxygen atoms in total. The van der Waals surface area contributed by atoms with E-state index in [2.05, 4.69) is 4.90 Å². The first-order chi connectivity index (χ1) is 16.3. The highest BCUT2D eigenvalue weighted by atomic mass is 32.2. The highest BCUT2D eigenvalue weighted by Crippen LogP contribution is 2.25. The number of hydrogen-bond donors (Lipinski definition) is 1. The predicted molar refractivity (Wildman–Crippen MR) is 125 cm³/mol. The van der Waals surface area contributed by atoms with E-state index in [9.17, 15) is 22.4 Å². The summed E-state index contributed by atoms with van der Waals surface area (Å²) in [6.07, 6.45) is 1.95. The van der Waals surface area contributed by atoms with Crippen LogP contribution in [0.4, 0.5) is 15.8 Å². The Hall–Kier alpha value is -2.82. The molecule has 0 saturated carbocycles. The normalized spacial score (nSPS) is 22.7. The molecule has 0 aromatic heterocycles. The molecule has 2 aromatic rings. The molecule has 3 saturated heterocycles. The average Bonchev–Trinajstić information content (AvgIpc) is 3.49. The molecule has 3 fully saturated rings. The second-order valence-electron chi connectivity index (χ2n) is 9.05. The van der Waals surface area contributed by atoms with Gasteiger partial charge in [-0.25, -0.2) is 17.7 Å². The molecule has 5 rings (SSSR count). The Morgan fingerprint density at radius 3 is 2.03 bits per heavy atom. The maximum Gasteiger partial charge on any atom is 0.292 e. The molecule has 0 bridgehead atoms. The number of nitrogens with one attached hydrogen (secondary N) is 1. The Balaban J connectivity index is 1.21.